The molecule has 0 bridgehead atoms. The van der Waals surface area contributed by atoms with Gasteiger partial charge in [-0.1, -0.05) is 71.7 Å². The molecule has 0 saturated carbocycles. The summed E-state index contributed by atoms with van der Waals surface area (Å²) in [7, 11) is 0. The van der Waals surface area contributed by atoms with Crippen molar-refractivity contribution in [2.45, 2.75) is 13.3 Å². The van der Waals surface area contributed by atoms with Crippen LogP contribution in [0, 0.1) is 0 Å². The SMILES string of the molecule is O=C(Nc1ccn(Cc2cccc3ccccc23)n1)c1ccn(COc2cccc(Cl)c2Cl)n1. The van der Waals surface area contributed by atoms with Crippen LogP contribution in [0.15, 0.2) is 85.2 Å². The van der Waals surface area contributed by atoms with E-state index in [1.807, 2.05) is 24.4 Å². The fraction of sp³-hybridized carbons (Fsp3) is 0.0800. The van der Waals surface area contributed by atoms with Crippen molar-refractivity contribution >= 4 is 45.7 Å². The molecule has 9 heteroatoms. The molecule has 170 valence electrons. The van der Waals surface area contributed by atoms with E-state index in [1.165, 1.54) is 15.5 Å². The second-order valence-electron chi connectivity index (χ2n) is 7.56. The number of aromatic nitrogens is 4. The molecule has 3 aromatic carbocycles. The molecular formula is C25H19Cl2N5O2. The maximum Gasteiger partial charge on any atom is 0.277 e. The van der Waals surface area contributed by atoms with Gasteiger partial charge in [-0.05, 0) is 34.5 Å². The van der Waals surface area contributed by atoms with E-state index in [1.54, 1.807) is 41.2 Å². The van der Waals surface area contributed by atoms with Gasteiger partial charge in [-0.25, -0.2) is 4.68 Å². The Labute approximate surface area is 205 Å². The molecule has 1 N–H and O–H groups in total. The highest BCUT2D eigenvalue weighted by atomic mass is 35.5. The van der Waals surface area contributed by atoms with Crippen LogP contribution in [0.1, 0.15) is 16.1 Å². The Kier molecular flexibility index (Phi) is 6.20. The van der Waals surface area contributed by atoms with Crippen LogP contribution in [0.2, 0.25) is 10.0 Å². The van der Waals surface area contributed by atoms with Gasteiger partial charge in [0.15, 0.2) is 18.2 Å². The van der Waals surface area contributed by atoms with Crippen molar-refractivity contribution in [2.24, 2.45) is 0 Å². The molecule has 0 unspecified atom stereocenters. The fourth-order valence-corrected chi connectivity index (χ4v) is 3.93. The molecule has 34 heavy (non-hydrogen) atoms. The Morgan fingerprint density at radius 2 is 1.68 bits per heavy atom. The number of rotatable bonds is 7. The normalized spacial score (nSPS) is 11.0. The van der Waals surface area contributed by atoms with Crippen LogP contribution >= 0.6 is 23.2 Å². The van der Waals surface area contributed by atoms with Gasteiger partial charge in [0.25, 0.3) is 5.91 Å². The van der Waals surface area contributed by atoms with Crippen molar-refractivity contribution in [1.29, 1.82) is 0 Å². The fourth-order valence-electron chi connectivity index (χ4n) is 3.59. The highest BCUT2D eigenvalue weighted by Gasteiger charge is 2.13. The first-order valence-corrected chi connectivity index (χ1v) is 11.2. The lowest BCUT2D eigenvalue weighted by molar-refractivity contribution is 0.101. The molecule has 0 aliphatic heterocycles. The average Bonchev–Trinajstić information content (AvgIpc) is 3.50. The van der Waals surface area contributed by atoms with Gasteiger partial charge in [0.2, 0.25) is 0 Å². The number of nitrogens with one attached hydrogen (secondary N) is 1. The predicted octanol–water partition coefficient (Wildman–Crippen LogP) is 5.88. The highest BCUT2D eigenvalue weighted by molar-refractivity contribution is 6.42. The third-order valence-electron chi connectivity index (χ3n) is 5.24. The molecule has 0 aliphatic rings. The Morgan fingerprint density at radius 3 is 2.59 bits per heavy atom. The number of fused-ring (bicyclic) bond motifs is 1. The first kappa shape index (κ1) is 22.0. The van der Waals surface area contributed by atoms with Gasteiger partial charge in [-0.15, -0.1) is 0 Å². The minimum Gasteiger partial charge on any atom is -0.470 e. The van der Waals surface area contributed by atoms with E-state index in [-0.39, 0.29) is 18.3 Å². The first-order valence-electron chi connectivity index (χ1n) is 10.5. The average molecular weight is 492 g/mol. The molecule has 0 aliphatic carbocycles. The Bertz CT molecular complexity index is 1470. The molecule has 7 nitrogen and oxygen atoms in total. The van der Waals surface area contributed by atoms with E-state index in [0.29, 0.717) is 28.2 Å². The smallest absolute Gasteiger partial charge is 0.277 e. The minimum atomic E-state index is -0.366. The first-order chi connectivity index (χ1) is 16.6. The minimum absolute atomic E-state index is 0.0764. The van der Waals surface area contributed by atoms with Crippen LogP contribution in [0.5, 0.6) is 5.75 Å². The van der Waals surface area contributed by atoms with Crippen LogP contribution < -0.4 is 10.1 Å². The number of ether oxygens (including phenoxy) is 1. The number of amides is 1. The molecule has 0 radical (unpaired) electrons. The molecule has 0 spiro atoms. The van der Waals surface area contributed by atoms with Crippen molar-refractivity contribution in [3.63, 3.8) is 0 Å². The Hall–Kier alpha value is -3.81. The second-order valence-corrected chi connectivity index (χ2v) is 8.34. The summed E-state index contributed by atoms with van der Waals surface area (Å²) in [6, 6.07) is 22.9. The molecule has 1 amide bonds. The van der Waals surface area contributed by atoms with Gasteiger partial charge in [0.05, 0.1) is 11.6 Å². The molecule has 0 fully saturated rings. The van der Waals surface area contributed by atoms with Crippen LogP contribution in [0.3, 0.4) is 0 Å². The van der Waals surface area contributed by atoms with E-state index in [9.17, 15) is 4.79 Å². The van der Waals surface area contributed by atoms with E-state index in [4.69, 9.17) is 27.9 Å². The molecule has 0 atom stereocenters. The lowest BCUT2D eigenvalue weighted by Gasteiger charge is -2.08. The number of benzene rings is 3. The van der Waals surface area contributed by atoms with Gasteiger partial charge in [0.1, 0.15) is 10.8 Å². The molecule has 2 aromatic heterocycles. The Morgan fingerprint density at radius 1 is 0.882 bits per heavy atom. The molecule has 5 rings (SSSR count). The van der Waals surface area contributed by atoms with Crippen molar-refractivity contribution < 1.29 is 9.53 Å². The van der Waals surface area contributed by atoms with Crippen LogP contribution in [-0.2, 0) is 13.3 Å². The lowest BCUT2D eigenvalue weighted by atomic mass is 10.0. The summed E-state index contributed by atoms with van der Waals surface area (Å²) >= 11 is 12.1. The zero-order chi connectivity index (χ0) is 23.5. The number of hydrogen-bond donors (Lipinski definition) is 1. The molecule has 2 heterocycles. The largest absolute Gasteiger partial charge is 0.470 e. The molecule has 0 saturated heterocycles. The van der Waals surface area contributed by atoms with E-state index < -0.39 is 0 Å². The van der Waals surface area contributed by atoms with Gasteiger partial charge in [-0.3, -0.25) is 9.48 Å². The zero-order valence-electron chi connectivity index (χ0n) is 17.9. The van der Waals surface area contributed by atoms with Gasteiger partial charge in [0, 0.05) is 18.5 Å². The van der Waals surface area contributed by atoms with Gasteiger partial charge in [-0.2, -0.15) is 10.2 Å². The highest BCUT2D eigenvalue weighted by Crippen LogP contribution is 2.31. The predicted molar refractivity (Wildman–Crippen MR) is 133 cm³/mol. The number of carbonyl (C=O) groups excluding carboxylic acids is 1. The standard InChI is InChI=1S/C25H19Cl2N5O2/c26-20-9-4-10-22(24(20)27)34-16-32-13-11-21(29-32)25(33)28-23-12-14-31(30-23)15-18-7-3-6-17-5-1-2-8-19(17)18/h1-14H,15-16H2,(H,28,30,33). The van der Waals surface area contributed by atoms with Gasteiger partial charge >= 0.3 is 0 Å². The summed E-state index contributed by atoms with van der Waals surface area (Å²) in [4.78, 5) is 12.6. The van der Waals surface area contributed by atoms with Crippen LogP contribution in [0.25, 0.3) is 10.8 Å². The third kappa shape index (κ3) is 4.76. The summed E-state index contributed by atoms with van der Waals surface area (Å²) in [6.07, 6.45) is 3.48. The van der Waals surface area contributed by atoms with Crippen molar-refractivity contribution in [3.05, 3.63) is 106 Å². The van der Waals surface area contributed by atoms with Gasteiger partial charge < -0.3 is 10.1 Å². The van der Waals surface area contributed by atoms with E-state index >= 15 is 0 Å². The van der Waals surface area contributed by atoms with Crippen molar-refractivity contribution in [2.75, 3.05) is 5.32 Å². The number of hydrogen-bond acceptors (Lipinski definition) is 4. The van der Waals surface area contributed by atoms with Crippen molar-refractivity contribution in [3.8, 4) is 5.75 Å². The monoisotopic (exact) mass is 491 g/mol. The number of anilines is 1. The van der Waals surface area contributed by atoms with E-state index in [2.05, 4.69) is 39.8 Å². The zero-order valence-corrected chi connectivity index (χ0v) is 19.4. The van der Waals surface area contributed by atoms with Crippen molar-refractivity contribution in [1.82, 2.24) is 19.6 Å². The topological polar surface area (TPSA) is 74.0 Å². The summed E-state index contributed by atoms with van der Waals surface area (Å²) in [5.41, 5.74) is 1.39. The van der Waals surface area contributed by atoms with Crippen LogP contribution in [0.4, 0.5) is 5.82 Å². The summed E-state index contributed by atoms with van der Waals surface area (Å²) in [5, 5.41) is 14.6. The summed E-state index contributed by atoms with van der Waals surface area (Å²) in [5.74, 6) is 0.518. The quantitative estimate of drug-likeness (QED) is 0.308. The van der Waals surface area contributed by atoms with Crippen LogP contribution in [-0.4, -0.2) is 25.5 Å². The lowest BCUT2D eigenvalue weighted by Crippen LogP contribution is -2.15. The number of nitrogens with zero attached hydrogens (tertiary/aromatic N) is 4. The van der Waals surface area contributed by atoms with E-state index in [0.717, 1.165) is 5.56 Å². The molecule has 5 aromatic rings. The number of halogens is 2. The number of carbonyl (C=O) groups is 1. The summed E-state index contributed by atoms with van der Waals surface area (Å²) in [6.45, 7) is 0.669. The molecular weight excluding hydrogens is 473 g/mol. The maximum absolute atomic E-state index is 12.6. The second kappa shape index (κ2) is 9.59. The third-order valence-corrected chi connectivity index (χ3v) is 6.04. The maximum atomic E-state index is 12.6. The summed E-state index contributed by atoms with van der Waals surface area (Å²) < 4.78 is 8.92. The Balaban J connectivity index is 1.22.